The Hall–Kier alpha value is -1.31. The molecular weight excluding hydrogens is 436 g/mol. The summed E-state index contributed by atoms with van der Waals surface area (Å²) in [6.45, 7) is 5.99. The van der Waals surface area contributed by atoms with Crippen LogP contribution in [-0.2, 0) is 17.4 Å². The molecule has 1 saturated heterocycles. The lowest BCUT2D eigenvalue weighted by Gasteiger charge is -2.45. The van der Waals surface area contributed by atoms with Gasteiger partial charge in [-0.25, -0.2) is 14.2 Å². The lowest BCUT2D eigenvalue weighted by atomic mass is 9.67. The minimum absolute atomic E-state index is 0.208. The van der Waals surface area contributed by atoms with E-state index in [0.29, 0.717) is 5.92 Å². The Morgan fingerprint density at radius 3 is 2.61 bits per heavy atom. The Bertz CT molecular complexity index is 878. The van der Waals surface area contributed by atoms with E-state index in [1.54, 1.807) is 6.20 Å². The van der Waals surface area contributed by atoms with Crippen molar-refractivity contribution >= 4 is 32.7 Å². The van der Waals surface area contributed by atoms with Crippen molar-refractivity contribution in [2.75, 3.05) is 18.0 Å². The van der Waals surface area contributed by atoms with Crippen LogP contribution in [0.15, 0.2) is 41.3 Å². The molecule has 28 heavy (non-hydrogen) atoms. The van der Waals surface area contributed by atoms with E-state index in [2.05, 4.69) is 55.1 Å². The van der Waals surface area contributed by atoms with Crippen molar-refractivity contribution in [3.63, 3.8) is 0 Å². The molecule has 150 valence electrons. The third kappa shape index (κ3) is 3.64. The van der Waals surface area contributed by atoms with Crippen LogP contribution in [0.4, 0.5) is 5.82 Å². The highest BCUT2D eigenvalue weighted by molar-refractivity contribution is 9.10. The first-order chi connectivity index (χ1) is 13.3. The highest BCUT2D eigenvalue weighted by Crippen LogP contribution is 2.56. The van der Waals surface area contributed by atoms with Gasteiger partial charge in [-0.3, -0.25) is 5.14 Å². The number of anilines is 1. The molecule has 0 bridgehead atoms. The fraction of sp³-hybridized carbons (Fsp3) is 0.524. The minimum Gasteiger partial charge on any atom is -0.355 e. The van der Waals surface area contributed by atoms with Crippen molar-refractivity contribution in [2.24, 2.45) is 10.6 Å². The maximum absolute atomic E-state index is 12.2. The lowest BCUT2D eigenvalue weighted by Crippen LogP contribution is -2.45. The van der Waals surface area contributed by atoms with E-state index < -0.39 is 15.7 Å². The van der Waals surface area contributed by atoms with Crippen molar-refractivity contribution in [2.45, 2.75) is 50.2 Å². The van der Waals surface area contributed by atoms with Gasteiger partial charge in [-0.2, -0.15) is 0 Å². The molecule has 1 spiro atoms. The predicted molar refractivity (Wildman–Crippen MR) is 118 cm³/mol. The molecule has 1 fully saturated rings. The van der Waals surface area contributed by atoms with Crippen LogP contribution >= 0.6 is 15.9 Å². The molecule has 2 atom stereocenters. The molecule has 1 aromatic carbocycles. The number of nitrogens with zero attached hydrogens (tertiary/aromatic N) is 3. The normalized spacial score (nSPS) is 22.3. The molecule has 0 amide bonds. The van der Waals surface area contributed by atoms with Crippen molar-refractivity contribution < 1.29 is 4.21 Å². The number of nitrogens with two attached hydrogens (primary N) is 1. The van der Waals surface area contributed by atoms with Gasteiger partial charge in [0.05, 0.1) is 28.1 Å². The highest BCUT2D eigenvalue weighted by Gasteiger charge is 2.49. The standard InChI is InChI=1S/C21H27BrN4OS/c1-20(2,28(23)27)12-17-16-6-4-3-5-15(16)11-21(17)7-9-26(10-8-21)19-14-24-18(22)13-25-19/h3-6,13-14,17H,7-12,23H2,1-2H3/t17-,28?/m1/s1. The van der Waals surface area contributed by atoms with Crippen LogP contribution in [0.5, 0.6) is 0 Å². The second kappa shape index (κ2) is 7.50. The molecule has 2 heterocycles. The van der Waals surface area contributed by atoms with E-state index >= 15 is 0 Å². The number of hydrogen-bond donors (Lipinski definition) is 1. The fourth-order valence-electron chi connectivity index (χ4n) is 4.94. The summed E-state index contributed by atoms with van der Waals surface area (Å²) >= 11 is 3.35. The summed E-state index contributed by atoms with van der Waals surface area (Å²) in [6, 6.07) is 8.78. The Morgan fingerprint density at radius 2 is 1.96 bits per heavy atom. The molecular formula is C21H27BrN4OS. The Balaban J connectivity index is 1.59. The molecule has 0 radical (unpaired) electrons. The van der Waals surface area contributed by atoms with E-state index in [4.69, 9.17) is 5.14 Å². The number of aromatic nitrogens is 2. The fourth-order valence-corrected chi connectivity index (χ4v) is 5.48. The van der Waals surface area contributed by atoms with E-state index in [1.165, 1.54) is 11.1 Å². The van der Waals surface area contributed by atoms with Crippen LogP contribution in [0.2, 0.25) is 0 Å². The number of hydrogen-bond acceptors (Lipinski definition) is 4. The quantitative estimate of drug-likeness (QED) is 0.745. The maximum Gasteiger partial charge on any atom is 0.147 e. The molecule has 1 aliphatic carbocycles. The van der Waals surface area contributed by atoms with E-state index in [9.17, 15) is 4.21 Å². The van der Waals surface area contributed by atoms with Gasteiger partial charge < -0.3 is 4.90 Å². The van der Waals surface area contributed by atoms with Crippen molar-refractivity contribution in [3.8, 4) is 0 Å². The first kappa shape index (κ1) is 20.0. The van der Waals surface area contributed by atoms with Gasteiger partial charge in [0, 0.05) is 13.1 Å². The van der Waals surface area contributed by atoms with Gasteiger partial charge >= 0.3 is 0 Å². The van der Waals surface area contributed by atoms with Gasteiger partial charge in [0.1, 0.15) is 10.4 Å². The molecule has 2 aliphatic rings. The topological polar surface area (TPSA) is 72.1 Å². The number of piperidine rings is 1. The first-order valence-electron chi connectivity index (χ1n) is 9.77. The van der Waals surface area contributed by atoms with Gasteiger partial charge in [0.15, 0.2) is 0 Å². The van der Waals surface area contributed by atoms with Crippen LogP contribution in [0.25, 0.3) is 0 Å². The van der Waals surface area contributed by atoms with Crippen LogP contribution in [0, 0.1) is 5.41 Å². The molecule has 1 unspecified atom stereocenters. The Labute approximate surface area is 177 Å². The number of fused-ring (bicyclic) bond motifs is 1. The van der Waals surface area contributed by atoms with Crippen molar-refractivity contribution in [1.82, 2.24) is 9.97 Å². The van der Waals surface area contributed by atoms with Crippen molar-refractivity contribution in [1.29, 1.82) is 0 Å². The number of halogens is 1. The SMILES string of the molecule is CC(C)(C[C@@H]1c2ccccc2CC12CCN(c1cnc(Br)cn1)CC2)S(N)=O. The first-order valence-corrected chi connectivity index (χ1v) is 11.8. The third-order valence-electron chi connectivity index (χ3n) is 6.64. The summed E-state index contributed by atoms with van der Waals surface area (Å²) in [5, 5.41) is 5.84. The largest absolute Gasteiger partial charge is 0.355 e. The minimum atomic E-state index is -1.34. The summed E-state index contributed by atoms with van der Waals surface area (Å²) in [5.74, 6) is 1.33. The molecule has 0 saturated carbocycles. The summed E-state index contributed by atoms with van der Waals surface area (Å²) in [5.41, 5.74) is 3.08. The van der Waals surface area contributed by atoms with Gasteiger partial charge in [-0.15, -0.1) is 0 Å². The molecule has 2 aromatic rings. The molecule has 1 aromatic heterocycles. The van der Waals surface area contributed by atoms with E-state index in [1.807, 2.05) is 20.0 Å². The molecule has 2 N–H and O–H groups in total. The average Bonchev–Trinajstić information content (AvgIpc) is 2.96. The zero-order valence-electron chi connectivity index (χ0n) is 16.4. The highest BCUT2D eigenvalue weighted by atomic mass is 79.9. The zero-order valence-corrected chi connectivity index (χ0v) is 18.8. The number of benzene rings is 1. The molecule has 4 rings (SSSR count). The molecule has 1 aliphatic heterocycles. The third-order valence-corrected chi connectivity index (χ3v) is 8.31. The van der Waals surface area contributed by atoms with Crippen molar-refractivity contribution in [3.05, 3.63) is 52.4 Å². The second-order valence-electron chi connectivity index (χ2n) is 8.74. The van der Waals surface area contributed by atoms with Gasteiger partial charge in [-0.1, -0.05) is 24.3 Å². The zero-order chi connectivity index (χ0) is 19.9. The van der Waals surface area contributed by atoms with Crippen LogP contribution in [-0.4, -0.2) is 32.0 Å². The monoisotopic (exact) mass is 462 g/mol. The Morgan fingerprint density at radius 1 is 1.25 bits per heavy atom. The second-order valence-corrected chi connectivity index (χ2v) is 11.2. The Kier molecular flexibility index (Phi) is 5.35. The molecule has 5 nitrogen and oxygen atoms in total. The summed E-state index contributed by atoms with van der Waals surface area (Å²) < 4.78 is 12.5. The summed E-state index contributed by atoms with van der Waals surface area (Å²) in [6.07, 6.45) is 7.73. The summed E-state index contributed by atoms with van der Waals surface area (Å²) in [4.78, 5) is 11.2. The predicted octanol–water partition coefficient (Wildman–Crippen LogP) is 3.96. The number of rotatable bonds is 4. The summed E-state index contributed by atoms with van der Waals surface area (Å²) in [7, 11) is -1.34. The molecule has 7 heteroatoms. The maximum atomic E-state index is 12.2. The lowest BCUT2D eigenvalue weighted by molar-refractivity contribution is 0.170. The average molecular weight is 463 g/mol. The van der Waals surface area contributed by atoms with E-state index in [-0.39, 0.29) is 5.41 Å². The van der Waals surface area contributed by atoms with Gasteiger partial charge in [0.25, 0.3) is 0 Å². The van der Waals surface area contributed by atoms with E-state index in [0.717, 1.165) is 49.2 Å². The van der Waals surface area contributed by atoms with Gasteiger partial charge in [-0.05, 0) is 77.9 Å². The van der Waals surface area contributed by atoms with Crippen LogP contribution < -0.4 is 10.0 Å². The van der Waals surface area contributed by atoms with Crippen LogP contribution in [0.3, 0.4) is 0 Å². The van der Waals surface area contributed by atoms with Crippen LogP contribution in [0.1, 0.15) is 50.2 Å². The van der Waals surface area contributed by atoms with Gasteiger partial charge in [0.2, 0.25) is 0 Å². The smallest absolute Gasteiger partial charge is 0.147 e.